The normalized spacial score (nSPS) is 10.9. The Hall–Kier alpha value is -1.61. The van der Waals surface area contributed by atoms with E-state index in [9.17, 15) is 0 Å². The van der Waals surface area contributed by atoms with Gasteiger partial charge in [0.2, 0.25) is 0 Å². The minimum absolute atomic E-state index is 0.905. The van der Waals surface area contributed by atoms with E-state index in [2.05, 4.69) is 62.4 Å². The van der Waals surface area contributed by atoms with Crippen molar-refractivity contribution in [1.82, 2.24) is 15.1 Å². The molecule has 0 unspecified atom stereocenters. The minimum Gasteiger partial charge on any atom is -0.313 e. The molecule has 0 radical (unpaired) electrons. The van der Waals surface area contributed by atoms with Crippen LogP contribution in [-0.4, -0.2) is 16.3 Å². The molecule has 0 bridgehead atoms. The molecule has 0 saturated carbocycles. The largest absolute Gasteiger partial charge is 0.313 e. The summed E-state index contributed by atoms with van der Waals surface area (Å²) in [5.41, 5.74) is 6.02. The van der Waals surface area contributed by atoms with E-state index in [-0.39, 0.29) is 0 Å². The van der Waals surface area contributed by atoms with Crippen molar-refractivity contribution in [2.45, 2.75) is 34.2 Å². The molecule has 18 heavy (non-hydrogen) atoms. The highest BCUT2D eigenvalue weighted by Gasteiger charge is 2.08. The lowest BCUT2D eigenvalue weighted by atomic mass is 10.2. The van der Waals surface area contributed by atoms with Crippen LogP contribution in [0.2, 0.25) is 0 Å². The molecule has 3 nitrogen and oxygen atoms in total. The third-order valence-electron chi connectivity index (χ3n) is 3.39. The summed E-state index contributed by atoms with van der Waals surface area (Å²) in [6.07, 6.45) is 0. The first-order valence-electron chi connectivity index (χ1n) is 6.46. The molecule has 0 amide bonds. The molecule has 0 aliphatic heterocycles. The molecule has 1 N–H and O–H groups in total. The monoisotopic (exact) mass is 243 g/mol. The van der Waals surface area contributed by atoms with Gasteiger partial charge in [-0.2, -0.15) is 5.10 Å². The number of aryl methyl sites for hydroxylation is 1. The van der Waals surface area contributed by atoms with E-state index < -0.39 is 0 Å². The van der Waals surface area contributed by atoms with Crippen LogP contribution in [0.4, 0.5) is 0 Å². The lowest BCUT2D eigenvalue weighted by Crippen LogP contribution is -2.12. The fraction of sp³-hybridized carbons (Fsp3) is 0.400. The number of hydrogen-bond donors (Lipinski definition) is 1. The van der Waals surface area contributed by atoms with Gasteiger partial charge in [0.1, 0.15) is 0 Å². The number of nitrogens with one attached hydrogen (secondary N) is 1. The number of aromatic nitrogens is 2. The summed E-state index contributed by atoms with van der Waals surface area (Å²) >= 11 is 0. The molecular formula is C15H21N3. The van der Waals surface area contributed by atoms with Crippen molar-refractivity contribution in [2.24, 2.45) is 0 Å². The maximum atomic E-state index is 4.60. The van der Waals surface area contributed by atoms with E-state index >= 15 is 0 Å². The summed E-state index contributed by atoms with van der Waals surface area (Å²) in [5, 5.41) is 7.94. The average molecular weight is 243 g/mol. The van der Waals surface area contributed by atoms with Gasteiger partial charge in [-0.1, -0.05) is 19.1 Å². The summed E-state index contributed by atoms with van der Waals surface area (Å²) in [5.74, 6) is 0. The molecule has 0 saturated heterocycles. The molecule has 2 aromatic rings. The fourth-order valence-corrected chi connectivity index (χ4v) is 2.04. The van der Waals surface area contributed by atoms with Gasteiger partial charge in [-0.3, -0.25) is 0 Å². The van der Waals surface area contributed by atoms with Crippen molar-refractivity contribution in [1.29, 1.82) is 0 Å². The fourth-order valence-electron chi connectivity index (χ4n) is 2.04. The van der Waals surface area contributed by atoms with Crippen LogP contribution < -0.4 is 5.32 Å². The first-order valence-corrected chi connectivity index (χ1v) is 6.46. The zero-order valence-electron chi connectivity index (χ0n) is 11.6. The van der Waals surface area contributed by atoms with E-state index in [0.29, 0.717) is 0 Å². The number of rotatable bonds is 4. The molecule has 2 rings (SSSR count). The van der Waals surface area contributed by atoms with Gasteiger partial charge in [-0.05, 0) is 50.6 Å². The first-order chi connectivity index (χ1) is 8.63. The molecule has 3 heteroatoms. The van der Waals surface area contributed by atoms with Crippen LogP contribution in [0, 0.1) is 20.8 Å². The van der Waals surface area contributed by atoms with E-state index in [1.807, 2.05) is 4.68 Å². The van der Waals surface area contributed by atoms with Crippen molar-refractivity contribution >= 4 is 0 Å². The molecule has 0 atom stereocenters. The van der Waals surface area contributed by atoms with Crippen molar-refractivity contribution < 1.29 is 0 Å². The highest BCUT2D eigenvalue weighted by atomic mass is 15.3. The predicted molar refractivity (Wildman–Crippen MR) is 75.2 cm³/mol. The quantitative estimate of drug-likeness (QED) is 0.895. The Morgan fingerprint density at radius 3 is 2.61 bits per heavy atom. The Morgan fingerprint density at radius 2 is 2.00 bits per heavy atom. The third-order valence-corrected chi connectivity index (χ3v) is 3.39. The second-order valence-corrected chi connectivity index (χ2v) is 4.66. The zero-order valence-corrected chi connectivity index (χ0v) is 11.6. The van der Waals surface area contributed by atoms with E-state index in [4.69, 9.17) is 0 Å². The molecule has 1 heterocycles. The molecule has 1 aromatic heterocycles. The summed E-state index contributed by atoms with van der Waals surface area (Å²) < 4.78 is 2.03. The number of nitrogens with zero attached hydrogens (tertiary/aromatic N) is 2. The molecule has 96 valence electrons. The predicted octanol–water partition coefficient (Wildman–Crippen LogP) is 2.91. The lowest BCUT2D eigenvalue weighted by Gasteiger charge is -2.08. The summed E-state index contributed by atoms with van der Waals surface area (Å²) in [7, 11) is 0. The van der Waals surface area contributed by atoms with Gasteiger partial charge in [0.15, 0.2) is 0 Å². The van der Waals surface area contributed by atoms with Gasteiger partial charge in [0.25, 0.3) is 0 Å². The van der Waals surface area contributed by atoms with Crippen LogP contribution in [0.5, 0.6) is 0 Å². The van der Waals surface area contributed by atoms with Crippen LogP contribution in [0.1, 0.15) is 29.4 Å². The van der Waals surface area contributed by atoms with Crippen LogP contribution in [-0.2, 0) is 6.54 Å². The van der Waals surface area contributed by atoms with E-state index in [1.54, 1.807) is 0 Å². The Morgan fingerprint density at radius 1 is 1.22 bits per heavy atom. The summed E-state index contributed by atoms with van der Waals surface area (Å²) in [6.45, 7) is 10.3. The van der Waals surface area contributed by atoms with Gasteiger partial charge in [-0.15, -0.1) is 0 Å². The standard InChI is InChI=1S/C15H21N3/c1-5-16-10-14-7-6-8-15(9-14)18-13(4)11(2)12(3)17-18/h6-9,16H,5,10H2,1-4H3. The van der Waals surface area contributed by atoms with Crippen molar-refractivity contribution in [3.8, 4) is 5.69 Å². The van der Waals surface area contributed by atoms with Crippen LogP contribution in [0.25, 0.3) is 5.69 Å². The highest BCUT2D eigenvalue weighted by molar-refractivity contribution is 5.39. The van der Waals surface area contributed by atoms with Crippen molar-refractivity contribution in [3.05, 3.63) is 46.8 Å². The molecule has 0 spiro atoms. The Kier molecular flexibility index (Phi) is 3.82. The maximum absolute atomic E-state index is 4.60. The van der Waals surface area contributed by atoms with Crippen molar-refractivity contribution in [3.63, 3.8) is 0 Å². The first kappa shape index (κ1) is 12.8. The summed E-state index contributed by atoms with van der Waals surface area (Å²) in [6, 6.07) is 8.54. The van der Waals surface area contributed by atoms with Crippen LogP contribution >= 0.6 is 0 Å². The minimum atomic E-state index is 0.905. The Balaban J connectivity index is 2.35. The number of hydrogen-bond acceptors (Lipinski definition) is 2. The third kappa shape index (κ3) is 2.46. The van der Waals surface area contributed by atoms with Gasteiger partial charge in [0, 0.05) is 12.2 Å². The van der Waals surface area contributed by atoms with Crippen molar-refractivity contribution in [2.75, 3.05) is 6.54 Å². The smallest absolute Gasteiger partial charge is 0.0652 e. The average Bonchev–Trinajstić information content (AvgIpc) is 2.64. The van der Waals surface area contributed by atoms with Crippen LogP contribution in [0.3, 0.4) is 0 Å². The van der Waals surface area contributed by atoms with E-state index in [0.717, 1.165) is 24.5 Å². The number of benzene rings is 1. The second kappa shape index (κ2) is 5.36. The van der Waals surface area contributed by atoms with Gasteiger partial charge < -0.3 is 5.32 Å². The second-order valence-electron chi connectivity index (χ2n) is 4.66. The molecule has 0 aliphatic carbocycles. The van der Waals surface area contributed by atoms with Gasteiger partial charge >= 0.3 is 0 Å². The molecule has 1 aromatic carbocycles. The zero-order chi connectivity index (χ0) is 13.1. The highest BCUT2D eigenvalue weighted by Crippen LogP contribution is 2.17. The Bertz CT molecular complexity index is 541. The van der Waals surface area contributed by atoms with Crippen LogP contribution in [0.15, 0.2) is 24.3 Å². The lowest BCUT2D eigenvalue weighted by molar-refractivity contribution is 0.724. The molecule has 0 aliphatic rings. The SMILES string of the molecule is CCNCc1cccc(-n2nc(C)c(C)c2C)c1. The maximum Gasteiger partial charge on any atom is 0.0652 e. The topological polar surface area (TPSA) is 29.9 Å². The molecular weight excluding hydrogens is 222 g/mol. The van der Waals surface area contributed by atoms with Gasteiger partial charge in [-0.25, -0.2) is 4.68 Å². The Labute approximate surface area is 109 Å². The summed E-state index contributed by atoms with van der Waals surface area (Å²) in [4.78, 5) is 0. The van der Waals surface area contributed by atoms with E-state index in [1.165, 1.54) is 16.8 Å². The molecule has 0 fully saturated rings. The van der Waals surface area contributed by atoms with Gasteiger partial charge in [0.05, 0.1) is 11.4 Å².